The van der Waals surface area contributed by atoms with Crippen LogP contribution >= 0.6 is 24.8 Å². The number of thiocarbonyl (C=S) groups is 1. The predicted octanol–water partition coefficient (Wildman–Crippen LogP) is 0.317. The van der Waals surface area contributed by atoms with Gasteiger partial charge in [-0.3, -0.25) is 38.5 Å². The van der Waals surface area contributed by atoms with E-state index in [2.05, 4.69) is 49.4 Å². The van der Waals surface area contributed by atoms with Gasteiger partial charge in [-0.25, -0.2) is 0 Å². The van der Waals surface area contributed by atoms with Crippen LogP contribution in [0.4, 0.5) is 0 Å². The Balaban J connectivity index is 0.945. The number of unbranched alkanes of at least 4 members (excludes halogenated alkanes) is 1. The van der Waals surface area contributed by atoms with Crippen molar-refractivity contribution in [1.82, 2.24) is 41.7 Å². The van der Waals surface area contributed by atoms with Crippen LogP contribution in [0.5, 0.6) is 11.5 Å². The van der Waals surface area contributed by atoms with E-state index in [9.17, 15) is 38.7 Å². The summed E-state index contributed by atoms with van der Waals surface area (Å²) in [5.41, 5.74) is 7.00. The Morgan fingerprint density at radius 2 is 1.61 bits per heavy atom. The van der Waals surface area contributed by atoms with Crippen LogP contribution in [0.15, 0.2) is 42.5 Å². The van der Waals surface area contributed by atoms with Gasteiger partial charge in [-0.15, -0.1) is 0 Å². The average molecular weight is 1020 g/mol. The summed E-state index contributed by atoms with van der Waals surface area (Å²) < 4.78 is 12.8. The number of thiol groups is 1. The number of aliphatic hydroxyl groups is 1. The standard InChI is InChI=1S/C50H69N9O10S2/c1-28(55-47(66)36(27-70)56-30(3)60)43(62)54-29(2)44(63)57-35(12-8-9-20-52-45(64)34(51)24-31-10-6-5-7-11-31)46(65)53-21-23-58(4)48(71)68-38-16-15-33-25-39-50(67)18-17-37(61)42-49(50,40(33)41(38)69-42)19-22-59(39)26-32-13-14-32/h5-7,10-11,15-16,28-29,32,34-36,39,42,67,70H,8-9,12-14,17-27,51H2,1-4H3,(H,52,64)(H,53,65)(H,54,62)(H,55,66)(H,56,60)(H,57,63)/t28?,29?,34?,35?,36?,39-,42+,49+,50-/m1/s1. The SMILES string of the molecule is CC(=O)NC(CS)C(=O)NC(C)C(=O)NC(C)C(=O)NC(CCCCNC(=O)C(N)Cc1ccccc1)C(=O)NCCN(C)C(=S)Oc1ccc2c3c1O[C@H]1C(=O)CC[C@@]4(O)[C@@H](C2)N(CC2CC2)CC[C@]314. The molecular weight excluding hydrogens is 951 g/mol. The minimum absolute atomic E-state index is 0.00439. The zero-order valence-electron chi connectivity index (χ0n) is 40.9. The summed E-state index contributed by atoms with van der Waals surface area (Å²) in [4.78, 5) is 94.9. The van der Waals surface area contributed by atoms with Gasteiger partial charge in [0.2, 0.25) is 35.4 Å². The number of piperidine rings is 1. The molecule has 21 heteroatoms. The van der Waals surface area contributed by atoms with Gasteiger partial charge in [-0.05, 0) is 114 Å². The second kappa shape index (κ2) is 23.0. The van der Waals surface area contributed by atoms with Crippen molar-refractivity contribution in [1.29, 1.82) is 0 Å². The van der Waals surface area contributed by atoms with Crippen LogP contribution in [-0.2, 0) is 51.8 Å². The van der Waals surface area contributed by atoms with Crippen LogP contribution in [0.25, 0.3) is 0 Å². The maximum absolute atomic E-state index is 13.8. The smallest absolute Gasteiger partial charge is 0.264 e. The number of amides is 6. The maximum Gasteiger partial charge on any atom is 0.264 e. The number of benzene rings is 2. The molecule has 2 aliphatic heterocycles. The highest BCUT2D eigenvalue weighted by atomic mass is 32.1. The minimum Gasteiger partial charge on any atom is -0.477 e. The van der Waals surface area contributed by atoms with Crippen molar-refractivity contribution < 1.29 is 48.1 Å². The first-order valence-electron chi connectivity index (χ1n) is 24.8. The van der Waals surface area contributed by atoms with E-state index in [0.29, 0.717) is 55.9 Å². The normalized spacial score (nSPS) is 23.8. The molecule has 2 aromatic carbocycles. The highest BCUT2D eigenvalue weighted by Crippen LogP contribution is 2.65. The molecule has 0 radical (unpaired) electrons. The van der Waals surface area contributed by atoms with Crippen molar-refractivity contribution in [3.05, 3.63) is 59.2 Å². The van der Waals surface area contributed by atoms with E-state index in [0.717, 1.165) is 29.8 Å². The summed E-state index contributed by atoms with van der Waals surface area (Å²) in [5.74, 6) is -1.78. The third-order valence-corrected chi connectivity index (χ3v) is 15.4. The Morgan fingerprint density at radius 3 is 2.30 bits per heavy atom. The number of likely N-dealkylation sites (N-methyl/N-ethyl adjacent to an activating group) is 1. The lowest BCUT2D eigenvalue weighted by Gasteiger charge is -2.62. The number of nitrogens with one attached hydrogen (secondary N) is 6. The Hall–Kier alpha value is -5.35. The molecular formula is C50H69N9O10S2. The molecule has 7 rings (SSSR count). The highest BCUT2D eigenvalue weighted by Gasteiger charge is 2.73. The molecule has 2 heterocycles. The van der Waals surface area contributed by atoms with Gasteiger partial charge in [0.05, 0.1) is 17.1 Å². The molecule has 0 aromatic heterocycles. The fourth-order valence-corrected chi connectivity index (χ4v) is 11.1. The van der Waals surface area contributed by atoms with Gasteiger partial charge < -0.3 is 57.1 Å². The van der Waals surface area contributed by atoms with E-state index < -0.39 is 76.9 Å². The summed E-state index contributed by atoms with van der Waals surface area (Å²) in [6.07, 6.45) is 4.94. The molecule has 2 aromatic rings. The molecule has 6 amide bonds. The minimum atomic E-state index is -1.12. The van der Waals surface area contributed by atoms with Crippen LogP contribution in [0.2, 0.25) is 0 Å². The molecule has 9 atom stereocenters. The number of ketones is 1. The number of hydrogen-bond acceptors (Lipinski definition) is 14. The zero-order chi connectivity index (χ0) is 51.2. The monoisotopic (exact) mass is 1020 g/mol. The first kappa shape index (κ1) is 53.4. The molecule has 1 saturated heterocycles. The van der Waals surface area contributed by atoms with Gasteiger partial charge in [-0.2, -0.15) is 12.6 Å². The molecule has 2 saturated carbocycles. The fourth-order valence-electron chi connectivity index (χ4n) is 10.6. The number of nitrogens with two attached hydrogens (primary N) is 1. The lowest BCUT2D eigenvalue weighted by Crippen LogP contribution is -2.76. The van der Waals surface area contributed by atoms with Gasteiger partial charge >= 0.3 is 0 Å². The second-order valence-electron chi connectivity index (χ2n) is 19.8. The van der Waals surface area contributed by atoms with Crippen molar-refractivity contribution >= 4 is 71.2 Å². The van der Waals surface area contributed by atoms with E-state index >= 15 is 0 Å². The van der Waals surface area contributed by atoms with Crippen molar-refractivity contribution in [3.63, 3.8) is 0 Å². The van der Waals surface area contributed by atoms with Crippen LogP contribution < -0.4 is 47.1 Å². The van der Waals surface area contributed by atoms with Gasteiger partial charge in [0.25, 0.3) is 5.17 Å². The topological polar surface area (TPSA) is 263 Å². The number of hydrogen-bond donors (Lipinski definition) is 9. The summed E-state index contributed by atoms with van der Waals surface area (Å²) in [6.45, 7) is 6.43. The molecule has 9 N–H and O–H groups in total. The Kier molecular flexibility index (Phi) is 17.3. The summed E-state index contributed by atoms with van der Waals surface area (Å²) >= 11 is 9.83. The first-order valence-corrected chi connectivity index (χ1v) is 25.8. The van der Waals surface area contributed by atoms with Crippen LogP contribution in [0.3, 0.4) is 0 Å². The number of likely N-dealkylation sites (tertiary alicyclic amines) is 1. The van der Waals surface area contributed by atoms with Gasteiger partial charge in [0.1, 0.15) is 24.2 Å². The molecule has 1 spiro atoms. The van der Waals surface area contributed by atoms with E-state index in [-0.39, 0.29) is 61.1 Å². The van der Waals surface area contributed by atoms with Gasteiger partial charge in [0, 0.05) is 63.9 Å². The highest BCUT2D eigenvalue weighted by molar-refractivity contribution is 7.80. The molecule has 2 bridgehead atoms. The number of ether oxygens (including phenoxy) is 2. The average Bonchev–Trinajstić information content (AvgIpc) is 4.09. The summed E-state index contributed by atoms with van der Waals surface area (Å²) in [6, 6.07) is 8.18. The second-order valence-corrected chi connectivity index (χ2v) is 20.5. The lowest BCUT2D eigenvalue weighted by atomic mass is 9.49. The number of rotatable bonds is 23. The Labute approximate surface area is 425 Å². The quantitative estimate of drug-likeness (QED) is 0.0413. The number of nitrogens with zero attached hydrogens (tertiary/aromatic N) is 2. The van der Waals surface area contributed by atoms with Gasteiger partial charge in [0.15, 0.2) is 23.4 Å². The molecule has 3 fully saturated rings. The van der Waals surface area contributed by atoms with Crippen molar-refractivity contribution in [2.75, 3.05) is 45.5 Å². The van der Waals surface area contributed by atoms with E-state index in [4.69, 9.17) is 27.4 Å². The van der Waals surface area contributed by atoms with Crippen molar-refractivity contribution in [3.8, 4) is 11.5 Å². The number of carbonyl (C=O) groups excluding carboxylic acids is 7. The van der Waals surface area contributed by atoms with Crippen LogP contribution in [0.1, 0.15) is 88.8 Å². The zero-order valence-corrected chi connectivity index (χ0v) is 42.6. The molecule has 5 unspecified atom stereocenters. The molecule has 19 nitrogen and oxygen atoms in total. The largest absolute Gasteiger partial charge is 0.477 e. The van der Waals surface area contributed by atoms with E-state index in [1.807, 2.05) is 42.5 Å². The number of carbonyl (C=O) groups is 7. The van der Waals surface area contributed by atoms with E-state index in [1.165, 1.54) is 33.6 Å². The predicted molar refractivity (Wildman–Crippen MR) is 271 cm³/mol. The molecule has 386 valence electrons. The maximum atomic E-state index is 13.8. The number of Topliss-reactive ketones (excluding diaryl/α,β-unsaturated/α-hetero) is 1. The third-order valence-electron chi connectivity index (χ3n) is 14.7. The summed E-state index contributed by atoms with van der Waals surface area (Å²) in [5, 5.41) is 28.7. The first-order chi connectivity index (χ1) is 33.9. The fraction of sp³-hybridized carbons (Fsp3) is 0.600. The lowest BCUT2D eigenvalue weighted by molar-refractivity contribution is -0.188. The van der Waals surface area contributed by atoms with Crippen molar-refractivity contribution in [2.24, 2.45) is 11.7 Å². The molecule has 3 aliphatic carbocycles. The van der Waals surface area contributed by atoms with Crippen LogP contribution in [-0.4, -0.2) is 155 Å². The Bertz CT molecular complexity index is 2360. The molecule has 5 aliphatic rings. The molecule has 71 heavy (non-hydrogen) atoms. The van der Waals surface area contributed by atoms with Gasteiger partial charge in [-0.1, -0.05) is 36.4 Å². The third kappa shape index (κ3) is 12.0. The summed E-state index contributed by atoms with van der Waals surface area (Å²) in [7, 11) is 1.71. The van der Waals surface area contributed by atoms with E-state index in [1.54, 1.807) is 11.9 Å². The van der Waals surface area contributed by atoms with Crippen molar-refractivity contribution in [2.45, 2.75) is 138 Å². The van der Waals surface area contributed by atoms with Crippen LogP contribution in [0, 0.1) is 5.92 Å². The Morgan fingerprint density at radius 1 is 0.915 bits per heavy atom.